The first-order chi connectivity index (χ1) is 9.61. The van der Waals surface area contributed by atoms with Crippen molar-refractivity contribution in [1.82, 2.24) is 0 Å². The number of para-hydroxylation sites is 1. The molecule has 0 unspecified atom stereocenters. The van der Waals surface area contributed by atoms with Gasteiger partial charge in [0.05, 0.1) is 13.2 Å². The topological polar surface area (TPSA) is 47.6 Å². The van der Waals surface area contributed by atoms with Crippen molar-refractivity contribution in [2.75, 3.05) is 19.5 Å². The van der Waals surface area contributed by atoms with Gasteiger partial charge in [-0.15, -0.1) is 0 Å². The molecule has 0 atom stereocenters. The van der Waals surface area contributed by atoms with Crippen LogP contribution in [0, 0.1) is 6.92 Å². The molecular weight excluding hydrogens is 254 g/mol. The van der Waals surface area contributed by atoms with Gasteiger partial charge in [0.1, 0.15) is 5.54 Å². The molecule has 1 aliphatic rings. The monoisotopic (exact) mass is 277 g/mol. The summed E-state index contributed by atoms with van der Waals surface area (Å²) in [6, 6.07) is 8.00. The summed E-state index contributed by atoms with van der Waals surface area (Å²) in [5.74, 6) is -0.185. The van der Waals surface area contributed by atoms with E-state index in [1.165, 1.54) is 7.11 Å². The van der Waals surface area contributed by atoms with E-state index in [0.717, 1.165) is 36.9 Å². The maximum atomic E-state index is 12.3. The minimum absolute atomic E-state index is 0.185. The maximum Gasteiger partial charge on any atom is 0.331 e. The Labute approximate surface area is 120 Å². The summed E-state index contributed by atoms with van der Waals surface area (Å²) < 4.78 is 10.4. The van der Waals surface area contributed by atoms with Crippen LogP contribution >= 0.6 is 0 Å². The number of aryl methyl sites for hydroxylation is 1. The second kappa shape index (κ2) is 6.27. The number of hydrogen-bond donors (Lipinski definition) is 1. The van der Waals surface area contributed by atoms with E-state index < -0.39 is 5.54 Å². The third kappa shape index (κ3) is 2.96. The van der Waals surface area contributed by atoms with Crippen LogP contribution in [-0.4, -0.2) is 31.8 Å². The molecule has 0 heterocycles. The van der Waals surface area contributed by atoms with Crippen LogP contribution < -0.4 is 5.32 Å². The van der Waals surface area contributed by atoms with Crippen LogP contribution in [0.2, 0.25) is 0 Å². The van der Waals surface area contributed by atoms with Crippen LogP contribution in [0.1, 0.15) is 31.2 Å². The van der Waals surface area contributed by atoms with Gasteiger partial charge in [0.25, 0.3) is 0 Å². The van der Waals surface area contributed by atoms with Crippen molar-refractivity contribution in [3.63, 3.8) is 0 Å². The summed E-state index contributed by atoms with van der Waals surface area (Å²) in [7, 11) is 3.18. The van der Waals surface area contributed by atoms with E-state index in [1.807, 2.05) is 31.2 Å². The Morgan fingerprint density at radius 1 is 1.25 bits per heavy atom. The van der Waals surface area contributed by atoms with Crippen molar-refractivity contribution in [2.45, 2.75) is 44.2 Å². The highest BCUT2D eigenvalue weighted by atomic mass is 16.5. The largest absolute Gasteiger partial charge is 0.467 e. The molecule has 0 aliphatic heterocycles. The Morgan fingerprint density at radius 2 is 1.90 bits per heavy atom. The van der Waals surface area contributed by atoms with Crippen LogP contribution in [0.4, 0.5) is 5.69 Å². The number of nitrogens with one attached hydrogen (secondary N) is 1. The summed E-state index contributed by atoms with van der Waals surface area (Å²) >= 11 is 0. The fourth-order valence-electron chi connectivity index (χ4n) is 2.87. The van der Waals surface area contributed by atoms with Crippen LogP contribution in [0.5, 0.6) is 0 Å². The molecule has 1 N–H and O–H groups in total. The molecule has 0 spiro atoms. The van der Waals surface area contributed by atoms with Crippen LogP contribution in [0.25, 0.3) is 0 Å². The third-order valence-electron chi connectivity index (χ3n) is 4.21. The van der Waals surface area contributed by atoms with E-state index in [0.29, 0.717) is 0 Å². The molecule has 1 saturated carbocycles. The Balaban J connectivity index is 2.21. The molecule has 0 saturated heterocycles. The van der Waals surface area contributed by atoms with Crippen LogP contribution in [0.15, 0.2) is 24.3 Å². The summed E-state index contributed by atoms with van der Waals surface area (Å²) in [4.78, 5) is 12.3. The number of benzene rings is 1. The molecule has 4 heteroatoms. The highest BCUT2D eigenvalue weighted by Gasteiger charge is 2.43. The van der Waals surface area contributed by atoms with E-state index >= 15 is 0 Å². The van der Waals surface area contributed by atoms with Gasteiger partial charge in [-0.3, -0.25) is 0 Å². The Morgan fingerprint density at radius 3 is 2.45 bits per heavy atom. The summed E-state index contributed by atoms with van der Waals surface area (Å²) in [5.41, 5.74) is 1.49. The Kier molecular flexibility index (Phi) is 4.65. The molecule has 2 rings (SSSR count). The summed E-state index contributed by atoms with van der Waals surface area (Å²) in [6.45, 7) is 2.04. The summed E-state index contributed by atoms with van der Waals surface area (Å²) in [5, 5.41) is 3.43. The van der Waals surface area contributed by atoms with Gasteiger partial charge in [-0.05, 0) is 44.2 Å². The second-order valence-electron chi connectivity index (χ2n) is 5.45. The van der Waals surface area contributed by atoms with E-state index in [2.05, 4.69) is 5.32 Å². The maximum absolute atomic E-state index is 12.3. The average Bonchev–Trinajstić information content (AvgIpc) is 2.49. The van der Waals surface area contributed by atoms with Gasteiger partial charge in [0.2, 0.25) is 0 Å². The van der Waals surface area contributed by atoms with Gasteiger partial charge in [-0.1, -0.05) is 18.2 Å². The molecule has 0 aromatic heterocycles. The minimum atomic E-state index is -0.629. The zero-order valence-corrected chi connectivity index (χ0v) is 12.4. The number of ether oxygens (including phenoxy) is 2. The molecule has 0 bridgehead atoms. The molecule has 20 heavy (non-hydrogen) atoms. The zero-order chi connectivity index (χ0) is 14.6. The number of methoxy groups -OCH3 is 2. The standard InChI is InChI=1S/C16H23NO3/c1-12-6-4-5-7-14(12)17-16(15(18)20-3)10-8-13(19-2)9-11-16/h4-7,13,17H,8-11H2,1-3H3. The van der Waals surface area contributed by atoms with Crippen molar-refractivity contribution in [3.8, 4) is 0 Å². The quantitative estimate of drug-likeness (QED) is 0.860. The first-order valence-corrected chi connectivity index (χ1v) is 7.06. The van der Waals surface area contributed by atoms with E-state index in [9.17, 15) is 4.79 Å². The SMILES string of the molecule is COC(=O)C1(Nc2ccccc2C)CCC(OC)CC1. The number of rotatable bonds is 4. The predicted molar refractivity (Wildman–Crippen MR) is 78.8 cm³/mol. The first-order valence-electron chi connectivity index (χ1n) is 7.06. The van der Waals surface area contributed by atoms with Gasteiger partial charge in [0, 0.05) is 12.8 Å². The molecule has 0 radical (unpaired) electrons. The van der Waals surface area contributed by atoms with Gasteiger partial charge in [-0.2, -0.15) is 0 Å². The lowest BCUT2D eigenvalue weighted by atomic mass is 9.80. The number of esters is 1. The molecule has 0 amide bonds. The lowest BCUT2D eigenvalue weighted by Crippen LogP contribution is -2.50. The van der Waals surface area contributed by atoms with Gasteiger partial charge in [-0.25, -0.2) is 4.79 Å². The number of anilines is 1. The molecular formula is C16H23NO3. The van der Waals surface area contributed by atoms with E-state index in [4.69, 9.17) is 9.47 Å². The Hall–Kier alpha value is -1.55. The number of carbonyl (C=O) groups excluding carboxylic acids is 1. The van der Waals surface area contributed by atoms with Crippen LogP contribution in [0.3, 0.4) is 0 Å². The Bertz CT molecular complexity index is 465. The van der Waals surface area contributed by atoms with Crippen molar-refractivity contribution >= 4 is 11.7 Å². The molecule has 4 nitrogen and oxygen atoms in total. The third-order valence-corrected chi connectivity index (χ3v) is 4.21. The lowest BCUT2D eigenvalue weighted by molar-refractivity contribution is -0.148. The highest BCUT2D eigenvalue weighted by Crippen LogP contribution is 2.34. The van der Waals surface area contributed by atoms with Crippen molar-refractivity contribution < 1.29 is 14.3 Å². The number of hydrogen-bond acceptors (Lipinski definition) is 4. The van der Waals surface area contributed by atoms with E-state index in [-0.39, 0.29) is 12.1 Å². The lowest BCUT2D eigenvalue weighted by Gasteiger charge is -2.39. The minimum Gasteiger partial charge on any atom is -0.467 e. The van der Waals surface area contributed by atoms with Crippen molar-refractivity contribution in [1.29, 1.82) is 0 Å². The van der Waals surface area contributed by atoms with Gasteiger partial charge < -0.3 is 14.8 Å². The number of carbonyl (C=O) groups is 1. The second-order valence-corrected chi connectivity index (χ2v) is 5.45. The molecule has 110 valence electrons. The van der Waals surface area contributed by atoms with E-state index in [1.54, 1.807) is 7.11 Å². The van der Waals surface area contributed by atoms with Gasteiger partial charge in [0.15, 0.2) is 0 Å². The average molecular weight is 277 g/mol. The summed E-state index contributed by atoms with van der Waals surface area (Å²) in [6.07, 6.45) is 3.43. The highest BCUT2D eigenvalue weighted by molar-refractivity contribution is 5.85. The molecule has 1 aromatic rings. The van der Waals surface area contributed by atoms with Crippen molar-refractivity contribution in [3.05, 3.63) is 29.8 Å². The molecule has 1 fully saturated rings. The smallest absolute Gasteiger partial charge is 0.331 e. The first kappa shape index (κ1) is 14.9. The molecule has 1 aliphatic carbocycles. The van der Waals surface area contributed by atoms with Crippen molar-refractivity contribution in [2.24, 2.45) is 0 Å². The predicted octanol–water partition coefficient (Wildman–Crippen LogP) is 2.91. The van der Waals surface area contributed by atoms with Gasteiger partial charge >= 0.3 is 5.97 Å². The van der Waals surface area contributed by atoms with Crippen LogP contribution in [-0.2, 0) is 14.3 Å². The molecule has 1 aromatic carbocycles. The zero-order valence-electron chi connectivity index (χ0n) is 12.4. The normalized spacial score (nSPS) is 26.1. The fraction of sp³-hybridized carbons (Fsp3) is 0.562. The fourth-order valence-corrected chi connectivity index (χ4v) is 2.87.